The number of hydrogen-bond donors (Lipinski definition) is 2. The van der Waals surface area contributed by atoms with Crippen LogP contribution in [0.15, 0.2) is 24.3 Å². The molecule has 0 saturated carbocycles. The lowest BCUT2D eigenvalue weighted by atomic mass is 9.92. The minimum Gasteiger partial charge on any atom is -0.497 e. The zero-order valence-corrected chi connectivity index (χ0v) is 14.0. The van der Waals surface area contributed by atoms with Crippen LogP contribution < -0.4 is 15.2 Å². The molecule has 0 aromatic heterocycles. The first-order valence-electron chi connectivity index (χ1n) is 7.04. The van der Waals surface area contributed by atoms with Gasteiger partial charge in [0.15, 0.2) is 0 Å². The number of hydrogen-bond acceptors (Lipinski definition) is 4. The lowest BCUT2D eigenvalue weighted by Gasteiger charge is -2.30. The molecule has 0 spiro atoms. The van der Waals surface area contributed by atoms with Crippen LogP contribution in [0.4, 0.5) is 0 Å². The molecule has 6 heteroatoms. The van der Waals surface area contributed by atoms with Gasteiger partial charge in [-0.2, -0.15) is 0 Å². The standard InChI is InChI=1S/C15H26N2O3S/c1-12(2)9-15(3,11-16)17-21(18,19)10-13-6-5-7-14(8-13)20-4/h5-8,12,17H,9-11,16H2,1-4H3. The predicted octanol–water partition coefficient (Wildman–Crippen LogP) is 1.88. The first-order chi connectivity index (χ1) is 9.69. The number of ether oxygens (including phenoxy) is 1. The second-order valence-corrected chi connectivity index (χ2v) is 7.80. The van der Waals surface area contributed by atoms with E-state index in [-0.39, 0.29) is 12.3 Å². The van der Waals surface area contributed by atoms with Crippen LogP contribution in [-0.2, 0) is 15.8 Å². The van der Waals surface area contributed by atoms with Crippen LogP contribution in [0.5, 0.6) is 5.75 Å². The molecule has 0 aliphatic heterocycles. The summed E-state index contributed by atoms with van der Waals surface area (Å²) in [4.78, 5) is 0. The van der Waals surface area contributed by atoms with Crippen LogP contribution in [0.3, 0.4) is 0 Å². The number of nitrogens with two attached hydrogens (primary N) is 1. The molecule has 21 heavy (non-hydrogen) atoms. The zero-order valence-electron chi connectivity index (χ0n) is 13.2. The average molecular weight is 314 g/mol. The van der Waals surface area contributed by atoms with E-state index < -0.39 is 15.6 Å². The lowest BCUT2D eigenvalue weighted by Crippen LogP contribution is -2.52. The molecule has 1 rings (SSSR count). The molecular formula is C15H26N2O3S. The van der Waals surface area contributed by atoms with Crippen molar-refractivity contribution in [2.45, 2.75) is 38.5 Å². The highest BCUT2D eigenvalue weighted by Crippen LogP contribution is 2.19. The molecular weight excluding hydrogens is 288 g/mol. The molecule has 0 fully saturated rings. The molecule has 0 bridgehead atoms. The third kappa shape index (κ3) is 6.03. The van der Waals surface area contributed by atoms with E-state index in [0.717, 1.165) is 0 Å². The summed E-state index contributed by atoms with van der Waals surface area (Å²) >= 11 is 0. The van der Waals surface area contributed by atoms with Gasteiger partial charge in [0.2, 0.25) is 10.0 Å². The second-order valence-electron chi connectivity index (χ2n) is 6.08. The zero-order chi connectivity index (χ0) is 16.1. The minimum atomic E-state index is -3.46. The lowest BCUT2D eigenvalue weighted by molar-refractivity contribution is 0.344. The highest BCUT2D eigenvalue weighted by Gasteiger charge is 2.29. The fourth-order valence-corrected chi connectivity index (χ4v) is 4.07. The Balaban J connectivity index is 2.85. The molecule has 5 nitrogen and oxygen atoms in total. The number of nitrogens with one attached hydrogen (secondary N) is 1. The van der Waals surface area contributed by atoms with E-state index in [1.54, 1.807) is 31.4 Å². The Labute approximate surface area is 127 Å². The minimum absolute atomic E-state index is 0.0854. The third-order valence-electron chi connectivity index (χ3n) is 3.20. The maximum atomic E-state index is 12.3. The van der Waals surface area contributed by atoms with Gasteiger partial charge >= 0.3 is 0 Å². The van der Waals surface area contributed by atoms with E-state index in [0.29, 0.717) is 23.7 Å². The molecule has 1 atom stereocenters. The van der Waals surface area contributed by atoms with Gasteiger partial charge < -0.3 is 10.5 Å². The quantitative estimate of drug-likeness (QED) is 0.767. The van der Waals surface area contributed by atoms with Gasteiger partial charge in [0.05, 0.1) is 12.9 Å². The van der Waals surface area contributed by atoms with Gasteiger partial charge in [0.1, 0.15) is 5.75 Å². The van der Waals surface area contributed by atoms with E-state index in [1.807, 2.05) is 20.8 Å². The Bertz CT molecular complexity index is 558. The van der Waals surface area contributed by atoms with Gasteiger partial charge in [-0.05, 0) is 37.0 Å². The highest BCUT2D eigenvalue weighted by atomic mass is 32.2. The molecule has 0 saturated heterocycles. The molecule has 120 valence electrons. The first kappa shape index (κ1) is 17.9. The molecule has 0 heterocycles. The normalized spacial score (nSPS) is 15.0. The smallest absolute Gasteiger partial charge is 0.216 e. The van der Waals surface area contributed by atoms with E-state index in [9.17, 15) is 8.42 Å². The Morgan fingerprint density at radius 2 is 2.05 bits per heavy atom. The Kier molecular flexibility index (Phi) is 6.19. The molecule has 0 aliphatic carbocycles. The van der Waals surface area contributed by atoms with E-state index >= 15 is 0 Å². The van der Waals surface area contributed by atoms with Crippen LogP contribution in [0.25, 0.3) is 0 Å². The second kappa shape index (κ2) is 7.24. The average Bonchev–Trinajstić information content (AvgIpc) is 2.36. The van der Waals surface area contributed by atoms with Crippen molar-refractivity contribution in [3.05, 3.63) is 29.8 Å². The molecule has 1 aromatic carbocycles. The topological polar surface area (TPSA) is 81.4 Å². The van der Waals surface area contributed by atoms with Crippen molar-refractivity contribution in [1.82, 2.24) is 4.72 Å². The molecule has 1 unspecified atom stereocenters. The van der Waals surface area contributed by atoms with Gasteiger partial charge in [-0.25, -0.2) is 13.1 Å². The summed E-state index contributed by atoms with van der Waals surface area (Å²) in [6.07, 6.45) is 0.695. The third-order valence-corrected chi connectivity index (χ3v) is 4.72. The summed E-state index contributed by atoms with van der Waals surface area (Å²) in [7, 11) is -1.91. The molecule has 3 N–H and O–H groups in total. The molecule has 1 aromatic rings. The van der Waals surface area contributed by atoms with Crippen molar-refractivity contribution in [3.63, 3.8) is 0 Å². The van der Waals surface area contributed by atoms with Crippen molar-refractivity contribution in [2.24, 2.45) is 11.7 Å². The molecule has 0 radical (unpaired) electrons. The van der Waals surface area contributed by atoms with Crippen LogP contribution in [-0.4, -0.2) is 27.6 Å². The van der Waals surface area contributed by atoms with Crippen molar-refractivity contribution in [3.8, 4) is 5.75 Å². The number of benzene rings is 1. The van der Waals surface area contributed by atoms with Crippen LogP contribution in [0.2, 0.25) is 0 Å². The van der Waals surface area contributed by atoms with Gasteiger partial charge in [-0.1, -0.05) is 26.0 Å². The number of methoxy groups -OCH3 is 1. The highest BCUT2D eigenvalue weighted by molar-refractivity contribution is 7.88. The van der Waals surface area contributed by atoms with Gasteiger partial charge in [0.25, 0.3) is 0 Å². The Morgan fingerprint density at radius 3 is 2.57 bits per heavy atom. The molecule has 0 amide bonds. The number of rotatable bonds is 8. The van der Waals surface area contributed by atoms with Crippen LogP contribution >= 0.6 is 0 Å². The Morgan fingerprint density at radius 1 is 1.38 bits per heavy atom. The monoisotopic (exact) mass is 314 g/mol. The maximum absolute atomic E-state index is 12.3. The first-order valence-corrected chi connectivity index (χ1v) is 8.69. The summed E-state index contributed by atoms with van der Waals surface area (Å²) in [5.74, 6) is 0.919. The largest absolute Gasteiger partial charge is 0.497 e. The van der Waals surface area contributed by atoms with Crippen LogP contribution in [0.1, 0.15) is 32.8 Å². The van der Waals surface area contributed by atoms with Crippen molar-refractivity contribution >= 4 is 10.0 Å². The van der Waals surface area contributed by atoms with Crippen molar-refractivity contribution in [2.75, 3.05) is 13.7 Å². The van der Waals surface area contributed by atoms with Crippen molar-refractivity contribution < 1.29 is 13.2 Å². The SMILES string of the molecule is COc1cccc(CS(=O)(=O)NC(C)(CN)CC(C)C)c1. The fraction of sp³-hybridized carbons (Fsp3) is 0.600. The number of sulfonamides is 1. The van der Waals surface area contributed by atoms with Crippen molar-refractivity contribution in [1.29, 1.82) is 0 Å². The van der Waals surface area contributed by atoms with E-state index in [1.165, 1.54) is 0 Å². The Hall–Kier alpha value is -1.11. The predicted molar refractivity (Wildman–Crippen MR) is 85.7 cm³/mol. The van der Waals surface area contributed by atoms with Gasteiger partial charge in [-0.15, -0.1) is 0 Å². The van der Waals surface area contributed by atoms with Crippen LogP contribution in [0, 0.1) is 5.92 Å². The summed E-state index contributed by atoms with van der Waals surface area (Å²) in [6.45, 7) is 6.20. The summed E-state index contributed by atoms with van der Waals surface area (Å²) in [5, 5.41) is 0. The summed E-state index contributed by atoms with van der Waals surface area (Å²) in [6, 6.07) is 7.05. The summed E-state index contributed by atoms with van der Waals surface area (Å²) < 4.78 is 32.5. The molecule has 0 aliphatic rings. The summed E-state index contributed by atoms with van der Waals surface area (Å²) in [5.41, 5.74) is 5.82. The van der Waals surface area contributed by atoms with E-state index in [2.05, 4.69) is 4.72 Å². The fourth-order valence-electron chi connectivity index (χ4n) is 2.46. The van der Waals surface area contributed by atoms with Gasteiger partial charge in [0, 0.05) is 12.1 Å². The van der Waals surface area contributed by atoms with E-state index in [4.69, 9.17) is 10.5 Å². The van der Waals surface area contributed by atoms with Gasteiger partial charge in [-0.3, -0.25) is 0 Å². The maximum Gasteiger partial charge on any atom is 0.216 e.